The molecule has 31 heavy (non-hydrogen) atoms. The molecular formula is C23H24ClN5O2. The van der Waals surface area contributed by atoms with Crippen molar-refractivity contribution >= 4 is 23.4 Å². The summed E-state index contributed by atoms with van der Waals surface area (Å²) >= 11 is 6.08. The number of benzene rings is 1. The molecule has 3 aromatic rings. The summed E-state index contributed by atoms with van der Waals surface area (Å²) in [5.74, 6) is -0.356. The van der Waals surface area contributed by atoms with Gasteiger partial charge in [-0.15, -0.1) is 0 Å². The number of aromatic amines is 1. The quantitative estimate of drug-likeness (QED) is 0.551. The van der Waals surface area contributed by atoms with Crippen LogP contribution in [0.2, 0.25) is 5.02 Å². The molecule has 1 saturated heterocycles. The smallest absolute Gasteiger partial charge is 0.270 e. The van der Waals surface area contributed by atoms with Crippen LogP contribution in [0.3, 0.4) is 0 Å². The van der Waals surface area contributed by atoms with Crippen LogP contribution in [0.15, 0.2) is 55.0 Å². The Hall–Kier alpha value is -3.16. The lowest BCUT2D eigenvalue weighted by molar-refractivity contribution is -0.125. The van der Waals surface area contributed by atoms with Crippen molar-refractivity contribution in [3.8, 4) is 11.1 Å². The second-order valence-electron chi connectivity index (χ2n) is 7.54. The summed E-state index contributed by atoms with van der Waals surface area (Å²) < 4.78 is 0. The standard InChI is InChI=1S/C23H24ClN5O2/c24-19-6-5-15(11-25)17(9-19)14-28-22(30)21-4-2-8-29(21)23(31)20-10-18(13-27-20)16-3-1-7-26-12-16/h1,3,5-7,9-10,12-13,21,27H,2,4,8,11,14,25H2,(H,28,30). The Bertz CT molecular complexity index is 1080. The zero-order valence-corrected chi connectivity index (χ0v) is 17.7. The zero-order chi connectivity index (χ0) is 21.8. The minimum absolute atomic E-state index is 0.173. The molecule has 1 aliphatic rings. The molecule has 1 fully saturated rings. The van der Waals surface area contributed by atoms with Crippen molar-refractivity contribution in [2.75, 3.05) is 6.54 Å². The van der Waals surface area contributed by atoms with Gasteiger partial charge < -0.3 is 20.9 Å². The van der Waals surface area contributed by atoms with Crippen LogP contribution in [-0.2, 0) is 17.9 Å². The maximum absolute atomic E-state index is 13.1. The molecular weight excluding hydrogens is 414 g/mol. The van der Waals surface area contributed by atoms with E-state index < -0.39 is 6.04 Å². The van der Waals surface area contributed by atoms with Gasteiger partial charge in [-0.3, -0.25) is 14.6 Å². The van der Waals surface area contributed by atoms with Gasteiger partial charge in [0, 0.05) is 54.4 Å². The fraction of sp³-hybridized carbons (Fsp3) is 0.261. The van der Waals surface area contributed by atoms with E-state index in [4.69, 9.17) is 17.3 Å². The molecule has 2 aromatic heterocycles. The Morgan fingerprint density at radius 1 is 1.23 bits per heavy atom. The largest absolute Gasteiger partial charge is 0.357 e. The molecule has 4 N–H and O–H groups in total. The summed E-state index contributed by atoms with van der Waals surface area (Å²) in [6, 6.07) is 10.5. The first-order valence-corrected chi connectivity index (χ1v) is 10.6. The minimum Gasteiger partial charge on any atom is -0.357 e. The highest BCUT2D eigenvalue weighted by atomic mass is 35.5. The van der Waals surface area contributed by atoms with E-state index in [-0.39, 0.29) is 11.8 Å². The Kier molecular flexibility index (Phi) is 6.34. The van der Waals surface area contributed by atoms with Gasteiger partial charge in [0.1, 0.15) is 11.7 Å². The Morgan fingerprint density at radius 2 is 2.10 bits per heavy atom. The van der Waals surface area contributed by atoms with E-state index in [1.807, 2.05) is 18.2 Å². The summed E-state index contributed by atoms with van der Waals surface area (Å²) in [5, 5.41) is 3.54. The first kappa shape index (κ1) is 21.1. The van der Waals surface area contributed by atoms with Crippen molar-refractivity contribution in [3.63, 3.8) is 0 Å². The lowest BCUT2D eigenvalue weighted by Gasteiger charge is -2.23. The Labute approximate surface area is 185 Å². The van der Waals surface area contributed by atoms with Crippen LogP contribution in [-0.4, -0.2) is 39.3 Å². The highest BCUT2D eigenvalue weighted by Gasteiger charge is 2.35. The van der Waals surface area contributed by atoms with E-state index in [0.717, 1.165) is 28.7 Å². The number of nitrogens with one attached hydrogen (secondary N) is 2. The third-order valence-electron chi connectivity index (χ3n) is 5.57. The van der Waals surface area contributed by atoms with Gasteiger partial charge in [0.2, 0.25) is 5.91 Å². The number of rotatable bonds is 6. The number of likely N-dealkylation sites (tertiary alicyclic amines) is 1. The maximum Gasteiger partial charge on any atom is 0.270 e. The van der Waals surface area contributed by atoms with Crippen molar-refractivity contribution in [2.45, 2.75) is 32.0 Å². The van der Waals surface area contributed by atoms with Crippen molar-refractivity contribution in [3.05, 3.63) is 76.8 Å². The summed E-state index contributed by atoms with van der Waals surface area (Å²) in [6.45, 7) is 1.23. The van der Waals surface area contributed by atoms with Crippen LogP contribution in [0.4, 0.5) is 0 Å². The van der Waals surface area contributed by atoms with E-state index in [0.29, 0.717) is 36.8 Å². The molecule has 1 aromatic carbocycles. The number of H-pyrrole nitrogens is 1. The van der Waals surface area contributed by atoms with E-state index in [9.17, 15) is 9.59 Å². The predicted octanol–water partition coefficient (Wildman–Crippen LogP) is 3.11. The van der Waals surface area contributed by atoms with Crippen molar-refractivity contribution < 1.29 is 9.59 Å². The number of amides is 2. The molecule has 160 valence electrons. The van der Waals surface area contributed by atoms with E-state index >= 15 is 0 Å². The second kappa shape index (κ2) is 9.32. The Balaban J connectivity index is 1.44. The van der Waals surface area contributed by atoms with Gasteiger partial charge in [0.25, 0.3) is 5.91 Å². The summed E-state index contributed by atoms with van der Waals surface area (Å²) in [4.78, 5) is 34.8. The number of carbonyl (C=O) groups is 2. The number of hydrogen-bond acceptors (Lipinski definition) is 4. The maximum atomic E-state index is 13.1. The number of hydrogen-bond donors (Lipinski definition) is 3. The average Bonchev–Trinajstić information content (AvgIpc) is 3.48. The van der Waals surface area contributed by atoms with Crippen molar-refractivity contribution in [1.82, 2.24) is 20.2 Å². The molecule has 7 nitrogen and oxygen atoms in total. The van der Waals surface area contributed by atoms with Gasteiger partial charge in [-0.25, -0.2) is 0 Å². The summed E-state index contributed by atoms with van der Waals surface area (Å²) in [7, 11) is 0. The molecule has 4 rings (SSSR count). The highest BCUT2D eigenvalue weighted by molar-refractivity contribution is 6.30. The van der Waals surface area contributed by atoms with Gasteiger partial charge in [-0.2, -0.15) is 0 Å². The van der Waals surface area contributed by atoms with Crippen LogP contribution in [0, 0.1) is 0 Å². The molecule has 1 atom stereocenters. The SMILES string of the molecule is NCc1ccc(Cl)cc1CNC(=O)C1CCCN1C(=O)c1cc(-c2cccnc2)c[nH]1. The van der Waals surface area contributed by atoms with Gasteiger partial charge in [-0.05, 0) is 48.2 Å². The van der Waals surface area contributed by atoms with Crippen LogP contribution in [0.25, 0.3) is 11.1 Å². The van der Waals surface area contributed by atoms with Crippen LogP contribution < -0.4 is 11.1 Å². The topological polar surface area (TPSA) is 104 Å². The third-order valence-corrected chi connectivity index (χ3v) is 5.80. The first-order chi connectivity index (χ1) is 15.1. The predicted molar refractivity (Wildman–Crippen MR) is 119 cm³/mol. The molecule has 1 aliphatic heterocycles. The number of aromatic nitrogens is 2. The molecule has 0 radical (unpaired) electrons. The lowest BCUT2D eigenvalue weighted by atomic mass is 10.1. The first-order valence-electron chi connectivity index (χ1n) is 10.2. The number of carbonyl (C=O) groups excluding carboxylic acids is 2. The van der Waals surface area contributed by atoms with Gasteiger partial charge in [-0.1, -0.05) is 23.7 Å². The fourth-order valence-electron chi connectivity index (χ4n) is 3.91. The number of halogens is 1. The molecule has 0 spiro atoms. The van der Waals surface area contributed by atoms with E-state index in [2.05, 4.69) is 15.3 Å². The van der Waals surface area contributed by atoms with Gasteiger partial charge in [0.05, 0.1) is 0 Å². The number of pyridine rings is 1. The van der Waals surface area contributed by atoms with Gasteiger partial charge >= 0.3 is 0 Å². The second-order valence-corrected chi connectivity index (χ2v) is 7.97. The van der Waals surface area contributed by atoms with Crippen LogP contribution >= 0.6 is 11.6 Å². The van der Waals surface area contributed by atoms with Crippen molar-refractivity contribution in [2.24, 2.45) is 5.73 Å². The van der Waals surface area contributed by atoms with Crippen molar-refractivity contribution in [1.29, 1.82) is 0 Å². The summed E-state index contributed by atoms with van der Waals surface area (Å²) in [5.41, 5.74) is 9.85. The molecule has 0 aliphatic carbocycles. The molecule has 8 heteroatoms. The molecule has 3 heterocycles. The average molecular weight is 438 g/mol. The van der Waals surface area contributed by atoms with E-state index in [1.54, 1.807) is 41.7 Å². The zero-order valence-electron chi connectivity index (χ0n) is 17.0. The normalized spacial score (nSPS) is 15.8. The minimum atomic E-state index is -0.502. The Morgan fingerprint density at radius 3 is 2.87 bits per heavy atom. The molecule has 1 unspecified atom stereocenters. The van der Waals surface area contributed by atoms with E-state index in [1.165, 1.54) is 0 Å². The van der Waals surface area contributed by atoms with Crippen LogP contribution in [0.1, 0.15) is 34.5 Å². The highest BCUT2D eigenvalue weighted by Crippen LogP contribution is 2.24. The monoisotopic (exact) mass is 437 g/mol. The fourth-order valence-corrected chi connectivity index (χ4v) is 4.11. The van der Waals surface area contributed by atoms with Crippen LogP contribution in [0.5, 0.6) is 0 Å². The third kappa shape index (κ3) is 4.62. The molecule has 0 bridgehead atoms. The summed E-state index contributed by atoms with van der Waals surface area (Å²) in [6.07, 6.45) is 6.64. The lowest BCUT2D eigenvalue weighted by Crippen LogP contribution is -2.45. The number of nitrogens with two attached hydrogens (primary N) is 1. The van der Waals surface area contributed by atoms with Gasteiger partial charge in [0.15, 0.2) is 0 Å². The molecule has 0 saturated carbocycles. The molecule has 2 amide bonds. The number of nitrogens with zero attached hydrogens (tertiary/aromatic N) is 2.